The van der Waals surface area contributed by atoms with Crippen molar-refractivity contribution < 1.29 is 9.59 Å². The lowest BCUT2D eigenvalue weighted by Crippen LogP contribution is -2.40. The molecule has 148 valence electrons. The topological polar surface area (TPSA) is 89.2 Å². The summed E-state index contributed by atoms with van der Waals surface area (Å²) >= 11 is 0. The van der Waals surface area contributed by atoms with E-state index in [-0.39, 0.29) is 11.8 Å². The SMILES string of the molecule is NC(=O)c1cc2ccccc2nc1C1CCCN(C(=O)CCc2cccnc2)C1. The van der Waals surface area contributed by atoms with Crippen LogP contribution in [-0.2, 0) is 11.2 Å². The van der Waals surface area contributed by atoms with Gasteiger partial charge in [0, 0.05) is 43.2 Å². The fourth-order valence-corrected chi connectivity index (χ4v) is 4.02. The first kappa shape index (κ1) is 19.1. The van der Waals surface area contributed by atoms with Crippen molar-refractivity contribution in [3.63, 3.8) is 0 Å². The number of hydrogen-bond donors (Lipinski definition) is 1. The first-order valence-corrected chi connectivity index (χ1v) is 9.98. The van der Waals surface area contributed by atoms with Crippen LogP contribution in [0.15, 0.2) is 54.9 Å². The Morgan fingerprint density at radius 2 is 2.03 bits per heavy atom. The molecule has 1 aromatic carbocycles. The van der Waals surface area contributed by atoms with Crippen LogP contribution in [0.4, 0.5) is 0 Å². The van der Waals surface area contributed by atoms with Crippen LogP contribution >= 0.6 is 0 Å². The van der Waals surface area contributed by atoms with Crippen molar-refractivity contribution in [2.24, 2.45) is 5.73 Å². The summed E-state index contributed by atoms with van der Waals surface area (Å²) in [5, 5.41) is 0.894. The van der Waals surface area contributed by atoms with Gasteiger partial charge in [-0.2, -0.15) is 0 Å². The highest BCUT2D eigenvalue weighted by molar-refractivity contribution is 5.97. The summed E-state index contributed by atoms with van der Waals surface area (Å²) in [4.78, 5) is 35.6. The molecular formula is C23H24N4O2. The van der Waals surface area contributed by atoms with Crippen molar-refractivity contribution in [1.82, 2.24) is 14.9 Å². The molecule has 6 heteroatoms. The molecule has 1 fully saturated rings. The van der Waals surface area contributed by atoms with Crippen LogP contribution in [0.3, 0.4) is 0 Å². The van der Waals surface area contributed by atoms with E-state index in [1.165, 1.54) is 0 Å². The molecule has 3 heterocycles. The predicted octanol–water partition coefficient (Wildman–Crippen LogP) is 3.07. The summed E-state index contributed by atoms with van der Waals surface area (Å²) in [6, 6.07) is 13.4. The molecule has 1 aliphatic heterocycles. The number of aryl methyl sites for hydroxylation is 1. The van der Waals surface area contributed by atoms with Gasteiger partial charge in [0.2, 0.25) is 5.91 Å². The fourth-order valence-electron chi connectivity index (χ4n) is 4.02. The molecule has 0 aliphatic carbocycles. The second kappa shape index (κ2) is 8.39. The lowest BCUT2D eigenvalue weighted by atomic mass is 9.90. The molecule has 0 radical (unpaired) electrons. The maximum absolute atomic E-state index is 12.8. The number of piperidine rings is 1. The molecule has 0 spiro atoms. The molecule has 0 bridgehead atoms. The quantitative estimate of drug-likeness (QED) is 0.727. The number of nitrogens with two attached hydrogens (primary N) is 1. The Kier molecular flexibility index (Phi) is 5.51. The van der Waals surface area contributed by atoms with Gasteiger partial charge in [0.25, 0.3) is 5.91 Å². The minimum atomic E-state index is -0.474. The summed E-state index contributed by atoms with van der Waals surface area (Å²) in [6.07, 6.45) is 6.42. The number of likely N-dealkylation sites (tertiary alicyclic amines) is 1. The second-order valence-electron chi connectivity index (χ2n) is 7.52. The zero-order valence-corrected chi connectivity index (χ0v) is 16.3. The molecule has 1 saturated heterocycles. The third-order valence-electron chi connectivity index (χ3n) is 5.53. The third-order valence-corrected chi connectivity index (χ3v) is 5.53. The third kappa shape index (κ3) is 4.26. The molecule has 2 aromatic heterocycles. The lowest BCUT2D eigenvalue weighted by Gasteiger charge is -2.33. The second-order valence-corrected chi connectivity index (χ2v) is 7.52. The minimum Gasteiger partial charge on any atom is -0.366 e. The molecule has 29 heavy (non-hydrogen) atoms. The number of rotatable bonds is 5. The first-order chi connectivity index (χ1) is 14.1. The average Bonchev–Trinajstić information content (AvgIpc) is 2.77. The predicted molar refractivity (Wildman–Crippen MR) is 111 cm³/mol. The van der Waals surface area contributed by atoms with Gasteiger partial charge in [0.1, 0.15) is 0 Å². The number of primary amides is 1. The number of carbonyl (C=O) groups excluding carboxylic acids is 2. The van der Waals surface area contributed by atoms with Gasteiger partial charge in [-0.25, -0.2) is 0 Å². The van der Waals surface area contributed by atoms with Crippen LogP contribution in [0.1, 0.15) is 46.8 Å². The van der Waals surface area contributed by atoms with E-state index in [0.29, 0.717) is 30.6 Å². The van der Waals surface area contributed by atoms with E-state index < -0.39 is 5.91 Å². The van der Waals surface area contributed by atoms with Gasteiger partial charge in [-0.15, -0.1) is 0 Å². The van der Waals surface area contributed by atoms with Gasteiger partial charge >= 0.3 is 0 Å². The van der Waals surface area contributed by atoms with E-state index in [4.69, 9.17) is 10.7 Å². The Bertz CT molecular complexity index is 1040. The first-order valence-electron chi connectivity index (χ1n) is 9.98. The van der Waals surface area contributed by atoms with Crippen molar-refractivity contribution in [3.8, 4) is 0 Å². The number of nitrogens with zero attached hydrogens (tertiary/aromatic N) is 3. The van der Waals surface area contributed by atoms with Crippen LogP contribution in [0.5, 0.6) is 0 Å². The zero-order valence-electron chi connectivity index (χ0n) is 16.3. The molecule has 6 nitrogen and oxygen atoms in total. The molecule has 3 aromatic rings. The maximum atomic E-state index is 12.8. The number of benzene rings is 1. The molecular weight excluding hydrogens is 364 g/mol. The molecule has 1 atom stereocenters. The Labute approximate surface area is 169 Å². The molecule has 0 saturated carbocycles. The molecule has 2 N–H and O–H groups in total. The smallest absolute Gasteiger partial charge is 0.250 e. The van der Waals surface area contributed by atoms with Gasteiger partial charge in [0.15, 0.2) is 0 Å². The van der Waals surface area contributed by atoms with Crippen LogP contribution < -0.4 is 5.73 Å². The Morgan fingerprint density at radius 1 is 1.17 bits per heavy atom. The highest BCUT2D eigenvalue weighted by Crippen LogP contribution is 2.30. The number of fused-ring (bicyclic) bond motifs is 1. The number of pyridine rings is 2. The van der Waals surface area contributed by atoms with Gasteiger partial charge in [-0.1, -0.05) is 24.3 Å². The van der Waals surface area contributed by atoms with Crippen molar-refractivity contribution in [1.29, 1.82) is 0 Å². The summed E-state index contributed by atoms with van der Waals surface area (Å²) in [5.41, 5.74) is 8.72. The summed E-state index contributed by atoms with van der Waals surface area (Å²) in [6.45, 7) is 1.30. The Balaban J connectivity index is 1.52. The Morgan fingerprint density at radius 3 is 2.83 bits per heavy atom. The van der Waals surface area contributed by atoms with Crippen LogP contribution in [0, 0.1) is 0 Å². The zero-order chi connectivity index (χ0) is 20.2. The largest absolute Gasteiger partial charge is 0.366 e. The molecule has 1 aliphatic rings. The van der Waals surface area contributed by atoms with Crippen LogP contribution in [0.25, 0.3) is 10.9 Å². The summed E-state index contributed by atoms with van der Waals surface area (Å²) in [5.74, 6) is -0.337. The molecule has 1 unspecified atom stereocenters. The lowest BCUT2D eigenvalue weighted by molar-refractivity contribution is -0.132. The Hall–Kier alpha value is -3.28. The van der Waals surface area contributed by atoms with E-state index in [0.717, 1.165) is 35.9 Å². The minimum absolute atomic E-state index is 0.0122. The normalized spacial score (nSPS) is 16.7. The standard InChI is InChI=1S/C23H24N4O2/c24-23(29)19-13-17-6-1-2-8-20(17)26-22(19)18-7-4-12-27(15-18)21(28)10-9-16-5-3-11-25-14-16/h1-3,5-6,8,11,13-14,18H,4,7,9-10,12,15H2,(H2,24,29). The van der Waals surface area contributed by atoms with Gasteiger partial charge in [-0.05, 0) is 43.0 Å². The average molecular weight is 388 g/mol. The van der Waals surface area contributed by atoms with E-state index in [1.54, 1.807) is 12.4 Å². The highest BCUT2D eigenvalue weighted by Gasteiger charge is 2.28. The van der Waals surface area contributed by atoms with E-state index in [1.807, 2.05) is 47.4 Å². The monoisotopic (exact) mass is 388 g/mol. The van der Waals surface area contributed by atoms with Crippen molar-refractivity contribution in [2.75, 3.05) is 13.1 Å². The van der Waals surface area contributed by atoms with Crippen LogP contribution in [0.2, 0.25) is 0 Å². The van der Waals surface area contributed by atoms with E-state index in [9.17, 15) is 9.59 Å². The van der Waals surface area contributed by atoms with Crippen molar-refractivity contribution in [3.05, 3.63) is 71.7 Å². The van der Waals surface area contributed by atoms with E-state index in [2.05, 4.69) is 4.98 Å². The van der Waals surface area contributed by atoms with Gasteiger partial charge in [0.05, 0.1) is 16.8 Å². The number of aromatic nitrogens is 2. The molecule has 4 rings (SSSR count). The van der Waals surface area contributed by atoms with Crippen LogP contribution in [-0.4, -0.2) is 39.8 Å². The van der Waals surface area contributed by atoms with Gasteiger partial charge < -0.3 is 10.6 Å². The summed E-state index contributed by atoms with van der Waals surface area (Å²) in [7, 11) is 0. The summed E-state index contributed by atoms with van der Waals surface area (Å²) < 4.78 is 0. The molecule has 2 amide bonds. The number of para-hydroxylation sites is 1. The number of amides is 2. The maximum Gasteiger partial charge on any atom is 0.250 e. The number of hydrogen-bond acceptors (Lipinski definition) is 4. The van der Waals surface area contributed by atoms with Crippen molar-refractivity contribution in [2.45, 2.75) is 31.6 Å². The van der Waals surface area contributed by atoms with Crippen molar-refractivity contribution >= 4 is 22.7 Å². The highest BCUT2D eigenvalue weighted by atomic mass is 16.2. The fraction of sp³-hybridized carbons (Fsp3) is 0.304. The number of carbonyl (C=O) groups is 2. The van der Waals surface area contributed by atoms with Gasteiger partial charge in [-0.3, -0.25) is 19.6 Å². The van der Waals surface area contributed by atoms with E-state index >= 15 is 0 Å².